The molecule has 2 nitrogen and oxygen atoms in total. The summed E-state index contributed by atoms with van der Waals surface area (Å²) in [4.78, 5) is 4.07. The van der Waals surface area contributed by atoms with Crippen molar-refractivity contribution in [1.29, 1.82) is 0 Å². The molecule has 0 fully saturated rings. The van der Waals surface area contributed by atoms with Crippen molar-refractivity contribution in [2.45, 2.75) is 46.5 Å². The second-order valence-corrected chi connectivity index (χ2v) is 6.26. The molecule has 0 aliphatic rings. The Bertz CT molecular complexity index is 588. The Hall–Kier alpha value is -1.83. The van der Waals surface area contributed by atoms with E-state index in [-0.39, 0.29) is 0 Å². The number of hydrogen-bond donors (Lipinski definition) is 1. The fraction of sp³-hybridized carbons (Fsp3) is 0.421. The van der Waals surface area contributed by atoms with Gasteiger partial charge in [0.25, 0.3) is 0 Å². The molecule has 112 valence electrons. The zero-order valence-corrected chi connectivity index (χ0v) is 13.4. The first-order chi connectivity index (χ1) is 10.1. The monoisotopic (exact) mass is 282 g/mol. The first-order valence-corrected chi connectivity index (χ1v) is 7.87. The summed E-state index contributed by atoms with van der Waals surface area (Å²) in [6.45, 7) is 6.73. The third-order valence-electron chi connectivity index (χ3n) is 3.89. The van der Waals surface area contributed by atoms with Gasteiger partial charge in [-0.3, -0.25) is 0 Å². The summed E-state index contributed by atoms with van der Waals surface area (Å²) in [5.74, 6) is 1.38. The number of aryl methyl sites for hydroxylation is 2. The van der Waals surface area contributed by atoms with Crippen LogP contribution < -0.4 is 5.73 Å². The number of anilines is 1. The predicted octanol–water partition coefficient (Wildman–Crippen LogP) is 5.01. The van der Waals surface area contributed by atoms with Gasteiger partial charge in [-0.1, -0.05) is 44.9 Å². The molecule has 1 heterocycles. The standard InChI is InChI=1S/C19H26N2/c1-14(2)6-4-5-7-16-9-8-15(3)18(12-16)17-10-11-21-19(20)13-17/h8-14H,4-7H2,1-3H3,(H2,20,21). The molecule has 0 saturated heterocycles. The maximum Gasteiger partial charge on any atom is 0.123 e. The second-order valence-electron chi connectivity index (χ2n) is 6.26. The van der Waals surface area contributed by atoms with Crippen molar-refractivity contribution in [2.75, 3.05) is 5.73 Å². The van der Waals surface area contributed by atoms with Crippen LogP contribution in [0.1, 0.15) is 44.2 Å². The van der Waals surface area contributed by atoms with E-state index in [0.717, 1.165) is 17.9 Å². The van der Waals surface area contributed by atoms with Crippen LogP contribution in [0.2, 0.25) is 0 Å². The van der Waals surface area contributed by atoms with Gasteiger partial charge < -0.3 is 5.73 Å². The quantitative estimate of drug-likeness (QED) is 0.756. The molecule has 0 saturated carbocycles. The van der Waals surface area contributed by atoms with Crippen LogP contribution in [0.4, 0.5) is 5.82 Å². The number of nitrogens with zero attached hydrogens (tertiary/aromatic N) is 1. The number of nitrogens with two attached hydrogens (primary N) is 1. The summed E-state index contributed by atoms with van der Waals surface area (Å²) >= 11 is 0. The lowest BCUT2D eigenvalue weighted by molar-refractivity contribution is 0.538. The number of nitrogen functional groups attached to an aromatic ring is 1. The largest absolute Gasteiger partial charge is 0.384 e. The molecule has 0 spiro atoms. The van der Waals surface area contributed by atoms with Crippen molar-refractivity contribution in [3.8, 4) is 11.1 Å². The van der Waals surface area contributed by atoms with Crippen molar-refractivity contribution < 1.29 is 0 Å². The van der Waals surface area contributed by atoms with E-state index in [4.69, 9.17) is 5.73 Å². The number of unbranched alkanes of at least 4 members (excludes halogenated alkanes) is 1. The summed E-state index contributed by atoms with van der Waals surface area (Å²) in [5, 5.41) is 0. The normalized spacial score (nSPS) is 11.0. The van der Waals surface area contributed by atoms with Crippen molar-refractivity contribution in [3.05, 3.63) is 47.7 Å². The Morgan fingerprint density at radius 2 is 1.90 bits per heavy atom. The number of rotatable bonds is 6. The molecule has 0 atom stereocenters. The maximum absolute atomic E-state index is 5.80. The predicted molar refractivity (Wildman–Crippen MR) is 91.2 cm³/mol. The molecule has 0 amide bonds. The van der Waals surface area contributed by atoms with E-state index in [1.165, 1.54) is 36.0 Å². The molecule has 0 aliphatic heterocycles. The molecule has 0 unspecified atom stereocenters. The Kier molecular flexibility index (Phi) is 5.38. The van der Waals surface area contributed by atoms with Crippen LogP contribution in [0.5, 0.6) is 0 Å². The Labute approximate surface area is 128 Å². The molecule has 0 bridgehead atoms. The topological polar surface area (TPSA) is 38.9 Å². The molecule has 2 aromatic rings. The minimum Gasteiger partial charge on any atom is -0.384 e. The minimum atomic E-state index is 0.578. The van der Waals surface area contributed by atoms with E-state index in [2.05, 4.69) is 44.0 Å². The third kappa shape index (κ3) is 4.59. The van der Waals surface area contributed by atoms with Crippen LogP contribution in [0, 0.1) is 12.8 Å². The maximum atomic E-state index is 5.80. The second kappa shape index (κ2) is 7.26. The van der Waals surface area contributed by atoms with Crippen molar-refractivity contribution >= 4 is 5.82 Å². The average Bonchev–Trinajstić information content (AvgIpc) is 2.45. The molecule has 2 rings (SSSR count). The Morgan fingerprint density at radius 1 is 1.10 bits per heavy atom. The number of pyridine rings is 1. The lowest BCUT2D eigenvalue weighted by atomic mass is 9.96. The van der Waals surface area contributed by atoms with Gasteiger partial charge in [0.15, 0.2) is 0 Å². The van der Waals surface area contributed by atoms with E-state index in [0.29, 0.717) is 5.82 Å². The lowest BCUT2D eigenvalue weighted by Crippen LogP contribution is -1.93. The van der Waals surface area contributed by atoms with Crippen molar-refractivity contribution in [2.24, 2.45) is 5.92 Å². The van der Waals surface area contributed by atoms with Crippen molar-refractivity contribution in [1.82, 2.24) is 4.98 Å². The zero-order valence-electron chi connectivity index (χ0n) is 13.4. The lowest BCUT2D eigenvalue weighted by Gasteiger charge is -2.10. The van der Waals surface area contributed by atoms with Gasteiger partial charge in [0.2, 0.25) is 0 Å². The van der Waals surface area contributed by atoms with Gasteiger partial charge in [-0.15, -0.1) is 0 Å². The third-order valence-corrected chi connectivity index (χ3v) is 3.89. The average molecular weight is 282 g/mol. The van der Waals surface area contributed by atoms with Gasteiger partial charge in [-0.25, -0.2) is 4.98 Å². The summed E-state index contributed by atoms with van der Waals surface area (Å²) in [6, 6.07) is 10.7. The van der Waals surface area contributed by atoms with Gasteiger partial charge in [0.1, 0.15) is 5.82 Å². The van der Waals surface area contributed by atoms with E-state index in [1.807, 2.05) is 12.1 Å². The fourth-order valence-corrected chi connectivity index (χ4v) is 2.63. The van der Waals surface area contributed by atoms with E-state index in [1.54, 1.807) is 6.20 Å². The summed E-state index contributed by atoms with van der Waals surface area (Å²) in [7, 11) is 0. The van der Waals surface area contributed by atoms with Gasteiger partial charge in [0.05, 0.1) is 0 Å². The molecule has 21 heavy (non-hydrogen) atoms. The number of hydrogen-bond acceptors (Lipinski definition) is 2. The first-order valence-electron chi connectivity index (χ1n) is 7.87. The van der Waals surface area contributed by atoms with E-state index < -0.39 is 0 Å². The number of benzene rings is 1. The Morgan fingerprint density at radius 3 is 2.62 bits per heavy atom. The van der Waals surface area contributed by atoms with Crippen LogP contribution in [0.25, 0.3) is 11.1 Å². The highest BCUT2D eigenvalue weighted by molar-refractivity contribution is 5.69. The molecule has 0 radical (unpaired) electrons. The fourth-order valence-electron chi connectivity index (χ4n) is 2.63. The zero-order chi connectivity index (χ0) is 15.2. The van der Waals surface area contributed by atoms with E-state index in [9.17, 15) is 0 Å². The number of aromatic nitrogens is 1. The van der Waals surface area contributed by atoms with E-state index >= 15 is 0 Å². The smallest absolute Gasteiger partial charge is 0.123 e. The summed E-state index contributed by atoms with van der Waals surface area (Å²) in [6.07, 6.45) is 6.82. The highest BCUT2D eigenvalue weighted by Crippen LogP contribution is 2.26. The highest BCUT2D eigenvalue weighted by Gasteiger charge is 2.05. The van der Waals surface area contributed by atoms with Crippen LogP contribution in [-0.2, 0) is 6.42 Å². The minimum absolute atomic E-state index is 0.578. The van der Waals surface area contributed by atoms with Gasteiger partial charge in [-0.05, 0) is 60.1 Å². The highest BCUT2D eigenvalue weighted by atomic mass is 14.8. The Balaban J connectivity index is 2.10. The van der Waals surface area contributed by atoms with Gasteiger partial charge >= 0.3 is 0 Å². The molecular formula is C19H26N2. The molecule has 1 aromatic heterocycles. The summed E-state index contributed by atoms with van der Waals surface area (Å²) in [5.41, 5.74) is 10.9. The SMILES string of the molecule is Cc1ccc(CCCCC(C)C)cc1-c1ccnc(N)c1. The molecule has 2 heteroatoms. The molecule has 1 aromatic carbocycles. The van der Waals surface area contributed by atoms with Crippen molar-refractivity contribution in [3.63, 3.8) is 0 Å². The van der Waals surface area contributed by atoms with Crippen LogP contribution in [0.15, 0.2) is 36.5 Å². The van der Waals surface area contributed by atoms with Gasteiger partial charge in [-0.2, -0.15) is 0 Å². The van der Waals surface area contributed by atoms with Crippen LogP contribution >= 0.6 is 0 Å². The molecule has 2 N–H and O–H groups in total. The summed E-state index contributed by atoms with van der Waals surface area (Å²) < 4.78 is 0. The van der Waals surface area contributed by atoms with Crippen LogP contribution in [0.3, 0.4) is 0 Å². The van der Waals surface area contributed by atoms with Gasteiger partial charge in [0, 0.05) is 6.20 Å². The molecule has 0 aliphatic carbocycles. The first kappa shape index (κ1) is 15.6. The van der Waals surface area contributed by atoms with Crippen LogP contribution in [-0.4, -0.2) is 4.98 Å². The molecular weight excluding hydrogens is 256 g/mol.